The second kappa shape index (κ2) is 5.87. The molecule has 0 aliphatic heterocycles. The van der Waals surface area contributed by atoms with Gasteiger partial charge in [0.15, 0.2) is 0 Å². The third-order valence-electron chi connectivity index (χ3n) is 3.60. The van der Waals surface area contributed by atoms with E-state index in [4.69, 9.17) is 10.5 Å². The lowest BCUT2D eigenvalue weighted by Crippen LogP contribution is -2.13. The fourth-order valence-electron chi connectivity index (χ4n) is 2.25. The van der Waals surface area contributed by atoms with Crippen LogP contribution in [0.15, 0.2) is 30.3 Å². The van der Waals surface area contributed by atoms with Gasteiger partial charge in [0.05, 0.1) is 7.11 Å². The molecular weight excluding hydrogens is 264 g/mol. The fourth-order valence-corrected chi connectivity index (χ4v) is 2.25. The van der Waals surface area contributed by atoms with Gasteiger partial charge in [0.25, 0.3) is 5.91 Å². The molecule has 0 aromatic heterocycles. The number of carbonyl (C=O) groups is 1. The molecule has 1 amide bonds. The average Bonchev–Trinajstić information content (AvgIpc) is 2.45. The molecule has 2 aromatic carbocycles. The Balaban J connectivity index is 2.29. The van der Waals surface area contributed by atoms with Crippen LogP contribution in [0.4, 0.5) is 11.4 Å². The summed E-state index contributed by atoms with van der Waals surface area (Å²) < 4.78 is 5.37. The Morgan fingerprint density at radius 1 is 1.10 bits per heavy atom. The molecular formula is C17H20N2O2. The molecule has 0 spiro atoms. The molecule has 0 saturated carbocycles. The van der Waals surface area contributed by atoms with Crippen LogP contribution in [0.5, 0.6) is 5.75 Å². The van der Waals surface area contributed by atoms with Gasteiger partial charge in [-0.3, -0.25) is 4.79 Å². The number of nitrogens with one attached hydrogen (secondary N) is 1. The number of rotatable bonds is 3. The number of hydrogen-bond acceptors (Lipinski definition) is 3. The number of nitrogens with two attached hydrogens (primary N) is 1. The molecule has 0 heterocycles. The van der Waals surface area contributed by atoms with Gasteiger partial charge in [-0.05, 0) is 50.1 Å². The second-order valence-corrected chi connectivity index (χ2v) is 5.11. The first kappa shape index (κ1) is 14.9. The summed E-state index contributed by atoms with van der Waals surface area (Å²) in [6.07, 6.45) is 0. The van der Waals surface area contributed by atoms with Gasteiger partial charge in [-0.15, -0.1) is 0 Å². The average molecular weight is 284 g/mol. The van der Waals surface area contributed by atoms with Crippen LogP contribution in [-0.2, 0) is 0 Å². The van der Waals surface area contributed by atoms with Crippen LogP contribution in [0, 0.1) is 20.8 Å². The van der Waals surface area contributed by atoms with Crippen molar-refractivity contribution in [2.45, 2.75) is 20.8 Å². The van der Waals surface area contributed by atoms with E-state index in [1.807, 2.05) is 39.0 Å². The highest BCUT2D eigenvalue weighted by Gasteiger charge is 2.12. The molecule has 0 aliphatic carbocycles. The maximum atomic E-state index is 12.3. The normalized spacial score (nSPS) is 10.3. The van der Waals surface area contributed by atoms with Crippen LogP contribution >= 0.6 is 0 Å². The molecule has 0 aliphatic rings. The summed E-state index contributed by atoms with van der Waals surface area (Å²) in [4.78, 5) is 12.3. The lowest BCUT2D eigenvalue weighted by atomic mass is 10.1. The topological polar surface area (TPSA) is 64.3 Å². The Labute approximate surface area is 124 Å². The summed E-state index contributed by atoms with van der Waals surface area (Å²) in [5, 5.41) is 2.90. The Morgan fingerprint density at radius 3 is 2.38 bits per heavy atom. The van der Waals surface area contributed by atoms with Crippen LogP contribution in [0.2, 0.25) is 0 Å². The van der Waals surface area contributed by atoms with Crippen molar-refractivity contribution in [3.8, 4) is 5.75 Å². The van der Waals surface area contributed by atoms with Crippen LogP contribution < -0.4 is 15.8 Å². The van der Waals surface area contributed by atoms with Crippen molar-refractivity contribution in [3.63, 3.8) is 0 Å². The van der Waals surface area contributed by atoms with E-state index < -0.39 is 0 Å². The highest BCUT2D eigenvalue weighted by Crippen LogP contribution is 2.29. The number of nitrogen functional groups attached to an aromatic ring is 1. The molecule has 0 bridgehead atoms. The Hall–Kier alpha value is -2.49. The Kier molecular flexibility index (Phi) is 4.17. The molecule has 21 heavy (non-hydrogen) atoms. The first-order chi connectivity index (χ1) is 9.93. The van der Waals surface area contributed by atoms with E-state index in [1.165, 1.54) is 0 Å². The Bertz CT molecular complexity index is 693. The van der Waals surface area contributed by atoms with Crippen molar-refractivity contribution < 1.29 is 9.53 Å². The smallest absolute Gasteiger partial charge is 0.255 e. The number of amides is 1. The number of aryl methyl sites for hydroxylation is 2. The summed E-state index contributed by atoms with van der Waals surface area (Å²) >= 11 is 0. The minimum absolute atomic E-state index is 0.185. The van der Waals surface area contributed by atoms with E-state index in [9.17, 15) is 4.79 Å². The lowest BCUT2D eigenvalue weighted by Gasteiger charge is -2.14. The second-order valence-electron chi connectivity index (χ2n) is 5.11. The van der Waals surface area contributed by atoms with Gasteiger partial charge < -0.3 is 15.8 Å². The van der Waals surface area contributed by atoms with Crippen molar-refractivity contribution in [2.24, 2.45) is 0 Å². The van der Waals surface area contributed by atoms with Crippen molar-refractivity contribution in [2.75, 3.05) is 18.2 Å². The molecule has 0 saturated heterocycles. The summed E-state index contributed by atoms with van der Waals surface area (Å²) in [5.41, 5.74) is 10.6. The molecule has 0 atom stereocenters. The minimum Gasteiger partial charge on any atom is -0.496 e. The maximum absolute atomic E-state index is 12.3. The zero-order valence-electron chi connectivity index (χ0n) is 12.8. The van der Waals surface area contributed by atoms with Crippen molar-refractivity contribution in [3.05, 3.63) is 52.6 Å². The quantitative estimate of drug-likeness (QED) is 0.848. The van der Waals surface area contributed by atoms with Gasteiger partial charge in [-0.25, -0.2) is 0 Å². The van der Waals surface area contributed by atoms with Crippen molar-refractivity contribution in [1.82, 2.24) is 0 Å². The summed E-state index contributed by atoms with van der Waals surface area (Å²) in [6, 6.07) is 9.09. The van der Waals surface area contributed by atoms with E-state index in [-0.39, 0.29) is 5.91 Å². The number of ether oxygens (including phenoxy) is 1. The van der Waals surface area contributed by atoms with Gasteiger partial charge in [0, 0.05) is 22.5 Å². The van der Waals surface area contributed by atoms with Gasteiger partial charge in [0.1, 0.15) is 5.75 Å². The lowest BCUT2D eigenvalue weighted by molar-refractivity contribution is 0.102. The summed E-state index contributed by atoms with van der Waals surface area (Å²) in [5.74, 6) is 0.604. The van der Waals surface area contributed by atoms with Crippen molar-refractivity contribution >= 4 is 17.3 Å². The van der Waals surface area contributed by atoms with E-state index >= 15 is 0 Å². The first-order valence-corrected chi connectivity index (χ1v) is 6.75. The molecule has 110 valence electrons. The first-order valence-electron chi connectivity index (χ1n) is 6.75. The molecule has 2 aromatic rings. The van der Waals surface area contributed by atoms with Crippen LogP contribution in [-0.4, -0.2) is 13.0 Å². The number of carbonyl (C=O) groups excluding carboxylic acids is 1. The highest BCUT2D eigenvalue weighted by atomic mass is 16.5. The van der Waals surface area contributed by atoms with E-state index in [0.717, 1.165) is 28.1 Å². The molecule has 0 unspecified atom stereocenters. The fraction of sp³-hybridized carbons (Fsp3) is 0.235. The van der Waals surface area contributed by atoms with Gasteiger partial charge in [-0.1, -0.05) is 12.1 Å². The van der Waals surface area contributed by atoms with E-state index in [2.05, 4.69) is 5.32 Å². The zero-order chi connectivity index (χ0) is 15.6. The van der Waals surface area contributed by atoms with E-state index in [1.54, 1.807) is 19.2 Å². The third-order valence-corrected chi connectivity index (χ3v) is 3.60. The van der Waals surface area contributed by atoms with E-state index in [0.29, 0.717) is 11.3 Å². The highest BCUT2D eigenvalue weighted by molar-refractivity contribution is 6.05. The van der Waals surface area contributed by atoms with Gasteiger partial charge >= 0.3 is 0 Å². The molecule has 0 radical (unpaired) electrons. The zero-order valence-corrected chi connectivity index (χ0v) is 12.8. The number of methoxy groups -OCH3 is 1. The standard InChI is InChI=1S/C17H20N2O2/c1-10-5-7-13(9-14(10)18)17(20)19-15-8-6-11(2)16(21-4)12(15)3/h5-9H,18H2,1-4H3,(H,19,20). The molecule has 0 fully saturated rings. The van der Waals surface area contributed by atoms with Gasteiger partial charge in [-0.2, -0.15) is 0 Å². The largest absolute Gasteiger partial charge is 0.496 e. The summed E-state index contributed by atoms with van der Waals surface area (Å²) in [6.45, 7) is 5.80. The molecule has 2 rings (SSSR count). The monoisotopic (exact) mass is 284 g/mol. The summed E-state index contributed by atoms with van der Waals surface area (Å²) in [7, 11) is 1.63. The Morgan fingerprint density at radius 2 is 1.76 bits per heavy atom. The SMILES string of the molecule is COc1c(C)ccc(NC(=O)c2ccc(C)c(N)c2)c1C. The predicted molar refractivity (Wildman–Crippen MR) is 86.0 cm³/mol. The minimum atomic E-state index is -0.185. The number of anilines is 2. The third kappa shape index (κ3) is 2.99. The number of hydrogen-bond donors (Lipinski definition) is 2. The van der Waals surface area contributed by atoms with Crippen LogP contribution in [0.25, 0.3) is 0 Å². The molecule has 4 nitrogen and oxygen atoms in total. The van der Waals surface area contributed by atoms with Crippen LogP contribution in [0.1, 0.15) is 27.0 Å². The van der Waals surface area contributed by atoms with Crippen LogP contribution in [0.3, 0.4) is 0 Å². The van der Waals surface area contributed by atoms with Gasteiger partial charge in [0.2, 0.25) is 0 Å². The van der Waals surface area contributed by atoms with Crippen molar-refractivity contribution in [1.29, 1.82) is 0 Å². The maximum Gasteiger partial charge on any atom is 0.255 e. The number of benzene rings is 2. The predicted octanol–water partition coefficient (Wildman–Crippen LogP) is 3.45. The molecule has 4 heteroatoms. The molecule has 3 N–H and O–H groups in total.